The molecule has 3 aromatic rings. The molecule has 0 aliphatic rings. The second-order valence-electron chi connectivity index (χ2n) is 8.91. The molecule has 6 nitrogen and oxygen atoms in total. The highest BCUT2D eigenvalue weighted by molar-refractivity contribution is 7.90. The first kappa shape index (κ1) is 29.6. The van der Waals surface area contributed by atoms with Crippen molar-refractivity contribution in [2.24, 2.45) is 0 Å². The van der Waals surface area contributed by atoms with Gasteiger partial charge in [-0.2, -0.15) is 13.2 Å². The van der Waals surface area contributed by atoms with Gasteiger partial charge in [0.1, 0.15) is 11.4 Å². The molecule has 0 radical (unpaired) electrons. The highest BCUT2D eigenvalue weighted by Gasteiger charge is 2.32. The average Bonchev–Trinajstić information content (AvgIpc) is 2.87. The molecule has 0 bridgehead atoms. The van der Waals surface area contributed by atoms with E-state index in [2.05, 4.69) is 0 Å². The minimum Gasteiger partial charge on any atom is -0.306 e. The van der Waals surface area contributed by atoms with E-state index in [1.54, 1.807) is 44.2 Å². The molecule has 0 heterocycles. The Balaban J connectivity index is 2.01. The third-order valence-electron chi connectivity index (χ3n) is 5.59. The number of sulfonamides is 1. The number of halogens is 4. The second-order valence-corrected chi connectivity index (χ2v) is 10.8. The Labute approximate surface area is 224 Å². The number of carbonyl (C=O) groups excluding carboxylic acids is 2. The Morgan fingerprint density at radius 3 is 2.18 bits per heavy atom. The van der Waals surface area contributed by atoms with E-state index in [-0.39, 0.29) is 17.7 Å². The van der Waals surface area contributed by atoms with E-state index in [1.165, 1.54) is 18.2 Å². The van der Waals surface area contributed by atoms with Crippen LogP contribution in [0.15, 0.2) is 84.4 Å². The van der Waals surface area contributed by atoms with Gasteiger partial charge in [-0.1, -0.05) is 42.5 Å². The topological polar surface area (TPSA) is 83.6 Å². The smallest absolute Gasteiger partial charge is 0.306 e. The van der Waals surface area contributed by atoms with Crippen LogP contribution in [0.5, 0.6) is 0 Å². The van der Waals surface area contributed by atoms with E-state index < -0.39 is 56.8 Å². The summed E-state index contributed by atoms with van der Waals surface area (Å²) in [4.78, 5) is 28.0. The van der Waals surface area contributed by atoms with Crippen molar-refractivity contribution in [1.82, 2.24) is 4.72 Å². The van der Waals surface area contributed by atoms with E-state index >= 15 is 0 Å². The van der Waals surface area contributed by atoms with Crippen LogP contribution in [0, 0.1) is 5.82 Å². The monoisotopic (exact) mass is 562 g/mol. The highest BCUT2D eigenvalue weighted by Crippen LogP contribution is 2.30. The van der Waals surface area contributed by atoms with Crippen molar-refractivity contribution in [2.75, 3.05) is 10.7 Å². The highest BCUT2D eigenvalue weighted by atomic mass is 32.2. The van der Waals surface area contributed by atoms with E-state index in [9.17, 15) is 35.6 Å². The Morgan fingerprint density at radius 1 is 0.949 bits per heavy atom. The predicted molar refractivity (Wildman–Crippen MR) is 141 cm³/mol. The summed E-state index contributed by atoms with van der Waals surface area (Å²) in [6.07, 6.45) is -3.70. The van der Waals surface area contributed by atoms with Crippen molar-refractivity contribution in [2.45, 2.75) is 32.5 Å². The molecule has 0 spiro atoms. The maximum Gasteiger partial charge on any atom is 0.416 e. The van der Waals surface area contributed by atoms with E-state index in [1.807, 2.05) is 4.72 Å². The molecule has 0 aliphatic heterocycles. The van der Waals surface area contributed by atoms with Gasteiger partial charge in [-0.05, 0) is 73.9 Å². The van der Waals surface area contributed by atoms with Crippen molar-refractivity contribution in [3.8, 4) is 0 Å². The van der Waals surface area contributed by atoms with Gasteiger partial charge in [0.15, 0.2) is 0 Å². The van der Waals surface area contributed by atoms with Gasteiger partial charge in [-0.3, -0.25) is 9.59 Å². The number of benzene rings is 3. The number of rotatable bonds is 9. The molecule has 0 aromatic heterocycles. The minimum atomic E-state index is -4.69. The summed E-state index contributed by atoms with van der Waals surface area (Å²) in [6, 6.07) is 16.8. The van der Waals surface area contributed by atoms with Gasteiger partial charge in [-0.25, -0.2) is 17.5 Å². The zero-order valence-corrected chi connectivity index (χ0v) is 21.9. The summed E-state index contributed by atoms with van der Waals surface area (Å²) in [6.45, 7) is 3.22. The minimum absolute atomic E-state index is 0.0811. The number of anilines is 1. The van der Waals surface area contributed by atoms with Crippen molar-refractivity contribution in [3.63, 3.8) is 0 Å². The van der Waals surface area contributed by atoms with Crippen molar-refractivity contribution in [1.29, 1.82) is 0 Å². The SMILES string of the molecule is CC(C)N(C(=O)C(=Cc1cccc(C(F)(F)F)c1)C(=O)NS(=O)(=O)CCc1ccccc1)c1ccc(F)cc1. The Bertz CT molecular complexity index is 1450. The van der Waals surface area contributed by atoms with Crippen LogP contribution in [0.3, 0.4) is 0 Å². The summed E-state index contributed by atoms with van der Waals surface area (Å²) >= 11 is 0. The lowest BCUT2D eigenvalue weighted by Gasteiger charge is -2.27. The molecule has 0 unspecified atom stereocenters. The Kier molecular flexibility index (Phi) is 9.28. The standard InChI is InChI=1S/C28H26F4N2O4S/c1-19(2)34(24-13-11-23(29)12-14-24)27(36)25(18-21-9-6-10-22(17-21)28(30,31)32)26(35)33-39(37,38)16-15-20-7-4-3-5-8-20/h3-14,17-19H,15-16H2,1-2H3,(H,33,35). The van der Waals surface area contributed by atoms with Crippen LogP contribution in [-0.2, 0) is 32.2 Å². The van der Waals surface area contributed by atoms with Crippen LogP contribution in [-0.4, -0.2) is 32.0 Å². The lowest BCUT2D eigenvalue weighted by atomic mass is 10.0. The van der Waals surface area contributed by atoms with Crippen LogP contribution in [0.1, 0.15) is 30.5 Å². The predicted octanol–water partition coefficient (Wildman–Crippen LogP) is 5.36. The van der Waals surface area contributed by atoms with Crippen LogP contribution in [0.2, 0.25) is 0 Å². The van der Waals surface area contributed by atoms with Crippen LogP contribution in [0.4, 0.5) is 23.2 Å². The molecular weight excluding hydrogens is 536 g/mol. The van der Waals surface area contributed by atoms with Gasteiger partial charge in [0.05, 0.1) is 11.3 Å². The molecule has 11 heteroatoms. The number of hydrogen-bond donors (Lipinski definition) is 1. The molecule has 2 amide bonds. The molecule has 0 aliphatic carbocycles. The first-order valence-corrected chi connectivity index (χ1v) is 13.5. The normalized spacial score (nSPS) is 12.3. The number of carbonyl (C=O) groups is 2. The van der Waals surface area contributed by atoms with Crippen molar-refractivity contribution < 1.29 is 35.6 Å². The summed E-state index contributed by atoms with van der Waals surface area (Å²) in [5.41, 5.74) is -0.971. The Hall–Kier alpha value is -3.99. The molecule has 3 rings (SSSR count). The van der Waals surface area contributed by atoms with Crippen molar-refractivity contribution in [3.05, 3.63) is 107 Å². The molecule has 0 atom stereocenters. The van der Waals surface area contributed by atoms with Gasteiger partial charge in [0.25, 0.3) is 11.8 Å². The van der Waals surface area contributed by atoms with Gasteiger partial charge in [0.2, 0.25) is 10.0 Å². The third kappa shape index (κ3) is 8.25. The third-order valence-corrected chi connectivity index (χ3v) is 6.83. The summed E-state index contributed by atoms with van der Waals surface area (Å²) in [5, 5.41) is 0. The van der Waals surface area contributed by atoms with Crippen LogP contribution in [0.25, 0.3) is 6.08 Å². The number of amides is 2. The maximum absolute atomic E-state index is 13.6. The van der Waals surface area contributed by atoms with Gasteiger partial charge < -0.3 is 4.90 Å². The largest absolute Gasteiger partial charge is 0.416 e. The summed E-state index contributed by atoms with van der Waals surface area (Å²) in [5.74, 6) is -3.33. The Morgan fingerprint density at radius 2 is 1.59 bits per heavy atom. The second kappa shape index (κ2) is 12.2. The molecule has 0 fully saturated rings. The molecule has 3 aromatic carbocycles. The molecular formula is C28H26F4N2O4S. The van der Waals surface area contributed by atoms with Crippen LogP contribution >= 0.6 is 0 Å². The molecule has 206 valence electrons. The van der Waals surface area contributed by atoms with E-state index in [4.69, 9.17) is 0 Å². The molecule has 0 saturated carbocycles. The molecule has 0 saturated heterocycles. The zero-order chi connectivity index (χ0) is 28.8. The lowest BCUT2D eigenvalue weighted by molar-refractivity contribution is -0.137. The zero-order valence-electron chi connectivity index (χ0n) is 21.1. The number of nitrogens with one attached hydrogen (secondary N) is 1. The van der Waals surface area contributed by atoms with Gasteiger partial charge in [-0.15, -0.1) is 0 Å². The van der Waals surface area contributed by atoms with E-state index in [0.29, 0.717) is 5.56 Å². The maximum atomic E-state index is 13.6. The van der Waals surface area contributed by atoms with Gasteiger partial charge in [0, 0.05) is 11.7 Å². The van der Waals surface area contributed by atoms with E-state index in [0.717, 1.165) is 41.3 Å². The van der Waals surface area contributed by atoms with Crippen LogP contribution < -0.4 is 9.62 Å². The fraction of sp³-hybridized carbons (Fsp3) is 0.214. The fourth-order valence-electron chi connectivity index (χ4n) is 3.72. The average molecular weight is 563 g/mol. The number of aryl methyl sites for hydroxylation is 1. The molecule has 1 N–H and O–H groups in total. The number of alkyl halides is 3. The fourth-order valence-corrected chi connectivity index (χ4v) is 4.72. The van der Waals surface area contributed by atoms with Crippen molar-refractivity contribution >= 4 is 33.6 Å². The summed E-state index contributed by atoms with van der Waals surface area (Å²) in [7, 11) is -4.24. The molecule has 39 heavy (non-hydrogen) atoms. The first-order chi connectivity index (χ1) is 18.3. The number of hydrogen-bond acceptors (Lipinski definition) is 4. The quantitative estimate of drug-likeness (QED) is 0.165. The number of nitrogens with zero attached hydrogens (tertiary/aromatic N) is 1. The summed E-state index contributed by atoms with van der Waals surface area (Å²) < 4.78 is 80.6. The lowest BCUT2D eigenvalue weighted by Crippen LogP contribution is -2.43. The first-order valence-electron chi connectivity index (χ1n) is 11.8. The van der Waals surface area contributed by atoms with Gasteiger partial charge >= 0.3 is 6.18 Å².